The highest BCUT2D eigenvalue weighted by atomic mass is 16.1. The Morgan fingerprint density at radius 1 is 1.50 bits per heavy atom. The van der Waals surface area contributed by atoms with Crippen LogP contribution < -0.4 is 5.73 Å². The minimum atomic E-state index is -0.136. The average Bonchev–Trinajstić information content (AvgIpc) is 2.18. The Labute approximate surface area is 86.0 Å². The van der Waals surface area contributed by atoms with Crippen LogP contribution >= 0.6 is 0 Å². The zero-order valence-electron chi connectivity index (χ0n) is 9.20. The van der Waals surface area contributed by atoms with E-state index >= 15 is 0 Å². The third-order valence-electron chi connectivity index (χ3n) is 2.90. The van der Waals surface area contributed by atoms with Crippen LogP contribution in [0.25, 0.3) is 0 Å². The Bertz CT molecular complexity index is 188. The van der Waals surface area contributed by atoms with Crippen LogP contribution in [0.4, 0.5) is 0 Å². The number of nitrogens with two attached hydrogens (primary N) is 1. The first-order chi connectivity index (χ1) is 6.65. The van der Waals surface area contributed by atoms with Crippen LogP contribution in [0.2, 0.25) is 0 Å². The summed E-state index contributed by atoms with van der Waals surface area (Å²) in [5.41, 5.74) is 5.28. The number of hydrogen-bond acceptors (Lipinski definition) is 3. The molecule has 0 aromatic carbocycles. The standard InChI is InChI=1S/C10H21N3O/c1-3-6-12(2)13-7-4-9(5-8-13)10(11)14/h9H,3-8H2,1-2H3,(H2,11,14). The number of nitrogens with zero attached hydrogens (tertiary/aromatic N) is 2. The molecule has 0 bridgehead atoms. The lowest BCUT2D eigenvalue weighted by Crippen LogP contribution is -2.47. The van der Waals surface area contributed by atoms with E-state index in [1.807, 2.05) is 0 Å². The van der Waals surface area contributed by atoms with E-state index in [9.17, 15) is 4.79 Å². The Kier molecular flexibility index (Phi) is 4.35. The van der Waals surface area contributed by atoms with Gasteiger partial charge in [-0.25, -0.2) is 10.0 Å². The van der Waals surface area contributed by atoms with E-state index in [1.54, 1.807) is 0 Å². The van der Waals surface area contributed by atoms with Crippen molar-refractivity contribution >= 4 is 5.91 Å². The fraction of sp³-hybridized carbons (Fsp3) is 0.900. The van der Waals surface area contributed by atoms with Crippen LogP contribution in [0, 0.1) is 5.92 Å². The molecule has 2 N–H and O–H groups in total. The molecule has 0 saturated carbocycles. The van der Waals surface area contributed by atoms with E-state index in [4.69, 9.17) is 5.73 Å². The third-order valence-corrected chi connectivity index (χ3v) is 2.90. The van der Waals surface area contributed by atoms with Gasteiger partial charge in [-0.15, -0.1) is 0 Å². The smallest absolute Gasteiger partial charge is 0.220 e. The summed E-state index contributed by atoms with van der Waals surface area (Å²) >= 11 is 0. The van der Waals surface area contributed by atoms with Gasteiger partial charge in [0.05, 0.1) is 0 Å². The molecule has 1 heterocycles. The van der Waals surface area contributed by atoms with E-state index in [-0.39, 0.29) is 11.8 Å². The fourth-order valence-corrected chi connectivity index (χ4v) is 1.96. The second kappa shape index (κ2) is 5.32. The highest BCUT2D eigenvalue weighted by Crippen LogP contribution is 2.17. The summed E-state index contributed by atoms with van der Waals surface area (Å²) in [5.74, 6) is -0.0379. The van der Waals surface area contributed by atoms with Crippen LogP contribution in [0.5, 0.6) is 0 Å². The van der Waals surface area contributed by atoms with Gasteiger partial charge in [0.15, 0.2) is 0 Å². The van der Waals surface area contributed by atoms with Crippen molar-refractivity contribution < 1.29 is 4.79 Å². The molecular formula is C10H21N3O. The first-order valence-electron chi connectivity index (χ1n) is 5.40. The SMILES string of the molecule is CCCN(C)N1CCC(C(N)=O)CC1. The van der Waals surface area contributed by atoms with Crippen molar-refractivity contribution in [3.05, 3.63) is 0 Å². The monoisotopic (exact) mass is 199 g/mol. The third kappa shape index (κ3) is 2.96. The molecule has 82 valence electrons. The van der Waals surface area contributed by atoms with Gasteiger partial charge in [0.25, 0.3) is 0 Å². The number of amides is 1. The first-order valence-corrected chi connectivity index (χ1v) is 5.40. The molecule has 0 aliphatic carbocycles. The van der Waals surface area contributed by atoms with E-state index in [0.717, 1.165) is 38.9 Å². The highest BCUT2D eigenvalue weighted by Gasteiger charge is 2.24. The van der Waals surface area contributed by atoms with Crippen molar-refractivity contribution in [2.75, 3.05) is 26.7 Å². The number of hydrazine groups is 1. The van der Waals surface area contributed by atoms with E-state index < -0.39 is 0 Å². The molecule has 0 spiro atoms. The summed E-state index contributed by atoms with van der Waals surface area (Å²) in [5, 5.41) is 4.56. The van der Waals surface area contributed by atoms with Crippen LogP contribution in [0.1, 0.15) is 26.2 Å². The predicted molar refractivity (Wildman–Crippen MR) is 56.4 cm³/mol. The quantitative estimate of drug-likeness (QED) is 0.715. The normalized spacial score (nSPS) is 20.2. The molecule has 0 aromatic rings. The molecule has 1 fully saturated rings. The van der Waals surface area contributed by atoms with Gasteiger partial charge >= 0.3 is 0 Å². The summed E-state index contributed by atoms with van der Waals surface area (Å²) in [4.78, 5) is 10.9. The van der Waals surface area contributed by atoms with Crippen molar-refractivity contribution in [1.82, 2.24) is 10.0 Å². The Hall–Kier alpha value is -0.610. The lowest BCUT2D eigenvalue weighted by Gasteiger charge is -2.36. The maximum atomic E-state index is 10.9. The van der Waals surface area contributed by atoms with Crippen molar-refractivity contribution in [3.63, 3.8) is 0 Å². The van der Waals surface area contributed by atoms with E-state index in [1.165, 1.54) is 0 Å². The van der Waals surface area contributed by atoms with Gasteiger partial charge in [0.2, 0.25) is 5.91 Å². The van der Waals surface area contributed by atoms with Crippen LogP contribution in [0.3, 0.4) is 0 Å². The number of piperidine rings is 1. The van der Waals surface area contributed by atoms with Gasteiger partial charge < -0.3 is 5.73 Å². The predicted octanol–water partition coefficient (Wildman–Crippen LogP) is 0.441. The maximum absolute atomic E-state index is 10.9. The van der Waals surface area contributed by atoms with Crippen LogP contribution in [0.15, 0.2) is 0 Å². The van der Waals surface area contributed by atoms with Gasteiger partial charge in [-0.2, -0.15) is 0 Å². The van der Waals surface area contributed by atoms with E-state index in [2.05, 4.69) is 24.0 Å². The van der Waals surface area contributed by atoms with Crippen LogP contribution in [-0.4, -0.2) is 42.6 Å². The topological polar surface area (TPSA) is 49.6 Å². The molecule has 1 saturated heterocycles. The molecule has 1 rings (SSSR count). The summed E-state index contributed by atoms with van der Waals surface area (Å²) in [6, 6.07) is 0. The Balaban J connectivity index is 2.31. The van der Waals surface area contributed by atoms with Crippen molar-refractivity contribution in [2.24, 2.45) is 11.7 Å². The van der Waals surface area contributed by atoms with E-state index in [0.29, 0.717) is 0 Å². The summed E-state index contributed by atoms with van der Waals surface area (Å²) < 4.78 is 0. The van der Waals surface area contributed by atoms with Crippen molar-refractivity contribution in [1.29, 1.82) is 0 Å². The number of carbonyl (C=O) groups is 1. The number of carbonyl (C=O) groups excluding carboxylic acids is 1. The second-order valence-corrected chi connectivity index (χ2v) is 4.01. The van der Waals surface area contributed by atoms with Gasteiger partial charge in [0.1, 0.15) is 0 Å². The molecule has 1 aliphatic rings. The Morgan fingerprint density at radius 3 is 2.50 bits per heavy atom. The zero-order chi connectivity index (χ0) is 10.6. The fourth-order valence-electron chi connectivity index (χ4n) is 1.96. The van der Waals surface area contributed by atoms with Crippen molar-refractivity contribution in [3.8, 4) is 0 Å². The van der Waals surface area contributed by atoms with Gasteiger partial charge in [-0.1, -0.05) is 6.92 Å². The highest BCUT2D eigenvalue weighted by molar-refractivity contribution is 5.76. The number of hydrogen-bond donors (Lipinski definition) is 1. The first kappa shape index (κ1) is 11.5. The number of primary amides is 1. The minimum Gasteiger partial charge on any atom is -0.369 e. The summed E-state index contributed by atoms with van der Waals surface area (Å²) in [6.45, 7) is 5.18. The molecule has 0 radical (unpaired) electrons. The van der Waals surface area contributed by atoms with Gasteiger partial charge in [0, 0.05) is 32.6 Å². The molecule has 0 aromatic heterocycles. The molecule has 1 amide bonds. The minimum absolute atomic E-state index is 0.0984. The largest absolute Gasteiger partial charge is 0.369 e. The average molecular weight is 199 g/mol. The maximum Gasteiger partial charge on any atom is 0.220 e. The summed E-state index contributed by atoms with van der Waals surface area (Å²) in [7, 11) is 2.11. The van der Waals surface area contributed by atoms with Crippen LogP contribution in [-0.2, 0) is 4.79 Å². The van der Waals surface area contributed by atoms with Gasteiger partial charge in [-0.3, -0.25) is 4.79 Å². The lowest BCUT2D eigenvalue weighted by atomic mass is 9.97. The molecule has 0 atom stereocenters. The lowest BCUT2D eigenvalue weighted by molar-refractivity contribution is -0.125. The van der Waals surface area contributed by atoms with Gasteiger partial charge in [-0.05, 0) is 19.3 Å². The molecule has 1 aliphatic heterocycles. The second-order valence-electron chi connectivity index (χ2n) is 4.01. The molecule has 4 heteroatoms. The zero-order valence-corrected chi connectivity index (χ0v) is 9.20. The molecule has 14 heavy (non-hydrogen) atoms. The summed E-state index contributed by atoms with van der Waals surface area (Å²) in [6.07, 6.45) is 2.97. The van der Waals surface area contributed by atoms with Crippen molar-refractivity contribution in [2.45, 2.75) is 26.2 Å². The molecular weight excluding hydrogens is 178 g/mol. The Morgan fingerprint density at radius 2 is 2.07 bits per heavy atom. The number of rotatable bonds is 4. The molecule has 0 unspecified atom stereocenters. The molecule has 4 nitrogen and oxygen atoms in total.